The smallest absolute Gasteiger partial charge is 0.213 e. The van der Waals surface area contributed by atoms with E-state index in [2.05, 4.69) is 5.32 Å². The molecule has 3 atom stereocenters. The zero-order valence-corrected chi connectivity index (χ0v) is 8.52. The lowest BCUT2D eigenvalue weighted by Gasteiger charge is -2.21. The lowest BCUT2D eigenvalue weighted by Crippen LogP contribution is -2.32. The largest absolute Gasteiger partial charge is 0.393 e. The summed E-state index contributed by atoms with van der Waals surface area (Å²) in [6.07, 6.45) is 5.84. The molecule has 1 aliphatic rings. The molecule has 82 valence electrons. The van der Waals surface area contributed by atoms with Gasteiger partial charge in [-0.15, -0.1) is 0 Å². The van der Waals surface area contributed by atoms with Gasteiger partial charge in [0.2, 0.25) is 6.41 Å². The molecule has 3 unspecified atom stereocenters. The van der Waals surface area contributed by atoms with Crippen LogP contribution in [-0.4, -0.2) is 35.9 Å². The minimum absolute atomic E-state index is 0.104. The van der Waals surface area contributed by atoms with Crippen LogP contribution in [0.2, 0.25) is 0 Å². The average Bonchev–Trinajstić information content (AvgIpc) is 2.16. The molecule has 0 aliphatic heterocycles. The van der Waals surface area contributed by atoms with Crippen molar-refractivity contribution in [3.8, 4) is 0 Å². The highest BCUT2D eigenvalue weighted by Gasteiger charge is 2.14. The molecule has 3 N–H and O–H groups in total. The van der Waals surface area contributed by atoms with E-state index in [0.29, 0.717) is 0 Å². The van der Waals surface area contributed by atoms with Crippen molar-refractivity contribution < 1.29 is 14.9 Å². The van der Waals surface area contributed by atoms with Crippen LogP contribution in [0.25, 0.3) is 0 Å². The normalized spacial score (nSPS) is 33.1. The Labute approximate surface area is 84.6 Å². The number of aliphatic hydroxyl groups is 2. The Morgan fingerprint density at radius 3 is 2.93 bits per heavy atom. The van der Waals surface area contributed by atoms with Crippen LogP contribution in [0.5, 0.6) is 0 Å². The molecule has 0 bridgehead atoms. The maximum atomic E-state index is 9.46. The van der Waals surface area contributed by atoms with E-state index in [9.17, 15) is 10.2 Å². The number of ether oxygens (including phenoxy) is 1. The molecule has 1 aliphatic carbocycles. The molecule has 14 heavy (non-hydrogen) atoms. The first kappa shape index (κ1) is 11.7. The van der Waals surface area contributed by atoms with E-state index in [4.69, 9.17) is 4.74 Å². The standard InChI is InChI=1S/C10H19NO3/c1-11-10(13)14-9-5-3-2-4-8(12)6-7-9/h3,5,8-13H,2,4,6-7H2,1H3/b5-3+. The van der Waals surface area contributed by atoms with E-state index in [-0.39, 0.29) is 12.2 Å². The molecule has 0 radical (unpaired) electrons. The van der Waals surface area contributed by atoms with Crippen molar-refractivity contribution in [1.29, 1.82) is 0 Å². The van der Waals surface area contributed by atoms with Crippen molar-refractivity contribution >= 4 is 0 Å². The number of hydrogen-bond acceptors (Lipinski definition) is 4. The van der Waals surface area contributed by atoms with Gasteiger partial charge in [0, 0.05) is 0 Å². The minimum Gasteiger partial charge on any atom is -0.393 e. The minimum atomic E-state index is -0.929. The molecule has 0 aromatic carbocycles. The molecule has 0 saturated heterocycles. The van der Waals surface area contributed by atoms with Crippen molar-refractivity contribution in [2.24, 2.45) is 0 Å². The highest BCUT2D eigenvalue weighted by Crippen LogP contribution is 2.15. The Kier molecular flexibility index (Phi) is 5.11. The summed E-state index contributed by atoms with van der Waals surface area (Å²) in [5, 5.41) is 21.3. The van der Waals surface area contributed by atoms with Crippen LogP contribution in [0.15, 0.2) is 12.2 Å². The lowest BCUT2D eigenvalue weighted by molar-refractivity contribution is -0.140. The van der Waals surface area contributed by atoms with Crippen LogP contribution < -0.4 is 5.32 Å². The Bertz CT molecular complexity index is 184. The fraction of sp³-hybridized carbons (Fsp3) is 0.800. The Morgan fingerprint density at radius 2 is 2.21 bits per heavy atom. The highest BCUT2D eigenvalue weighted by atomic mass is 16.6. The average molecular weight is 201 g/mol. The molecule has 0 aromatic heterocycles. The molecular weight excluding hydrogens is 182 g/mol. The van der Waals surface area contributed by atoms with E-state index >= 15 is 0 Å². The topological polar surface area (TPSA) is 61.7 Å². The van der Waals surface area contributed by atoms with Crippen LogP contribution in [0.3, 0.4) is 0 Å². The third-order valence-corrected chi connectivity index (χ3v) is 2.35. The number of aliphatic hydroxyl groups excluding tert-OH is 2. The predicted molar refractivity (Wildman–Crippen MR) is 53.6 cm³/mol. The van der Waals surface area contributed by atoms with Crippen LogP contribution in [0.4, 0.5) is 0 Å². The van der Waals surface area contributed by atoms with Gasteiger partial charge in [0.1, 0.15) is 0 Å². The van der Waals surface area contributed by atoms with Crippen molar-refractivity contribution in [3.05, 3.63) is 12.2 Å². The van der Waals surface area contributed by atoms with Gasteiger partial charge in [-0.2, -0.15) is 0 Å². The molecule has 1 rings (SSSR count). The second-order valence-corrected chi connectivity index (χ2v) is 3.55. The first-order chi connectivity index (χ1) is 6.72. The number of nitrogens with one attached hydrogen (secondary N) is 1. The summed E-state index contributed by atoms with van der Waals surface area (Å²) in [4.78, 5) is 0. The molecule has 0 aromatic rings. The van der Waals surface area contributed by atoms with Gasteiger partial charge in [-0.3, -0.25) is 5.32 Å². The second-order valence-electron chi connectivity index (χ2n) is 3.55. The molecule has 0 amide bonds. The van der Waals surface area contributed by atoms with Crippen molar-refractivity contribution in [2.45, 2.75) is 44.3 Å². The summed E-state index contributed by atoms with van der Waals surface area (Å²) in [7, 11) is 1.63. The second kappa shape index (κ2) is 6.14. The van der Waals surface area contributed by atoms with Gasteiger partial charge in [0.25, 0.3) is 0 Å². The van der Waals surface area contributed by atoms with Gasteiger partial charge in [0.05, 0.1) is 12.2 Å². The van der Waals surface area contributed by atoms with Crippen molar-refractivity contribution in [1.82, 2.24) is 5.32 Å². The van der Waals surface area contributed by atoms with Gasteiger partial charge in [-0.05, 0) is 32.7 Å². The highest BCUT2D eigenvalue weighted by molar-refractivity contribution is 4.92. The quantitative estimate of drug-likeness (QED) is 0.456. The Morgan fingerprint density at radius 1 is 1.43 bits per heavy atom. The summed E-state index contributed by atoms with van der Waals surface area (Å²) in [5.74, 6) is 0. The molecule has 0 saturated carbocycles. The van der Waals surface area contributed by atoms with E-state index < -0.39 is 6.41 Å². The fourth-order valence-electron chi connectivity index (χ4n) is 1.48. The summed E-state index contributed by atoms with van der Waals surface area (Å²) in [6, 6.07) is 0. The van der Waals surface area contributed by atoms with Crippen LogP contribution in [-0.2, 0) is 4.74 Å². The van der Waals surface area contributed by atoms with Gasteiger partial charge in [-0.25, -0.2) is 0 Å². The van der Waals surface area contributed by atoms with E-state index in [0.717, 1.165) is 25.7 Å². The fourth-order valence-corrected chi connectivity index (χ4v) is 1.48. The monoisotopic (exact) mass is 201 g/mol. The number of allylic oxidation sites excluding steroid dienone is 1. The number of rotatable bonds is 3. The zero-order chi connectivity index (χ0) is 10.4. The molecular formula is C10H19NO3. The summed E-state index contributed by atoms with van der Waals surface area (Å²) < 4.78 is 5.27. The third kappa shape index (κ3) is 4.19. The zero-order valence-electron chi connectivity index (χ0n) is 8.52. The van der Waals surface area contributed by atoms with E-state index in [1.165, 1.54) is 0 Å². The van der Waals surface area contributed by atoms with Crippen molar-refractivity contribution in [2.75, 3.05) is 7.05 Å². The maximum absolute atomic E-state index is 9.46. The molecule has 4 heteroatoms. The first-order valence-electron chi connectivity index (χ1n) is 5.08. The van der Waals surface area contributed by atoms with Crippen molar-refractivity contribution in [3.63, 3.8) is 0 Å². The maximum Gasteiger partial charge on any atom is 0.213 e. The number of hydrogen-bond donors (Lipinski definition) is 3. The summed E-state index contributed by atoms with van der Waals surface area (Å²) in [5.41, 5.74) is 0. The van der Waals surface area contributed by atoms with Gasteiger partial charge < -0.3 is 14.9 Å². The van der Waals surface area contributed by atoms with Gasteiger partial charge in [0.15, 0.2) is 0 Å². The summed E-state index contributed by atoms with van der Waals surface area (Å²) >= 11 is 0. The molecule has 0 heterocycles. The summed E-state index contributed by atoms with van der Waals surface area (Å²) in [6.45, 7) is 0. The predicted octanol–water partition coefficient (Wildman–Crippen LogP) is 0.358. The SMILES string of the molecule is CNC(O)OC1/C=C/CCC(O)CC1. The van der Waals surface area contributed by atoms with Gasteiger partial charge in [-0.1, -0.05) is 12.2 Å². The molecule has 0 fully saturated rings. The van der Waals surface area contributed by atoms with Crippen LogP contribution >= 0.6 is 0 Å². The molecule has 4 nitrogen and oxygen atoms in total. The Hall–Kier alpha value is -0.420. The van der Waals surface area contributed by atoms with Crippen LogP contribution in [0, 0.1) is 0 Å². The first-order valence-corrected chi connectivity index (χ1v) is 5.08. The van der Waals surface area contributed by atoms with E-state index in [1.807, 2.05) is 12.2 Å². The lowest BCUT2D eigenvalue weighted by atomic mass is 10.0. The third-order valence-electron chi connectivity index (χ3n) is 2.35. The molecule has 0 spiro atoms. The van der Waals surface area contributed by atoms with Crippen LogP contribution in [0.1, 0.15) is 25.7 Å². The van der Waals surface area contributed by atoms with Gasteiger partial charge >= 0.3 is 0 Å². The Balaban J connectivity index is 2.38. The van der Waals surface area contributed by atoms with E-state index in [1.54, 1.807) is 7.05 Å².